The molecule has 92 valence electrons. The summed E-state index contributed by atoms with van der Waals surface area (Å²) >= 11 is 0. The Morgan fingerprint density at radius 2 is 1.73 bits per heavy atom. The van der Waals surface area contributed by atoms with Crippen molar-refractivity contribution < 1.29 is 9.47 Å². The standard InChI is InChI=1S/C11H23NO2.ClH/c1-2-7-13-8-9-14-10-11-3-5-12-6-4-11;/h11-12H,2-10H2,1H3;1H. The maximum Gasteiger partial charge on any atom is 0.0700 e. The van der Waals surface area contributed by atoms with E-state index in [1.807, 2.05) is 0 Å². The number of ether oxygens (including phenoxy) is 2. The zero-order valence-corrected chi connectivity index (χ0v) is 10.5. The molecule has 1 aliphatic rings. The monoisotopic (exact) mass is 237 g/mol. The molecule has 1 N–H and O–H groups in total. The molecular weight excluding hydrogens is 214 g/mol. The Labute approximate surface area is 99.3 Å². The summed E-state index contributed by atoms with van der Waals surface area (Å²) in [5.74, 6) is 0.766. The molecule has 0 radical (unpaired) electrons. The minimum Gasteiger partial charge on any atom is -0.379 e. The average Bonchev–Trinajstić information content (AvgIpc) is 2.25. The predicted molar refractivity (Wildman–Crippen MR) is 64.8 cm³/mol. The molecule has 0 saturated carbocycles. The van der Waals surface area contributed by atoms with Crippen molar-refractivity contribution in [3.8, 4) is 0 Å². The first-order chi connectivity index (χ1) is 6.93. The second kappa shape index (κ2) is 10.7. The Morgan fingerprint density at radius 1 is 1.07 bits per heavy atom. The van der Waals surface area contributed by atoms with E-state index in [2.05, 4.69) is 12.2 Å². The lowest BCUT2D eigenvalue weighted by atomic mass is 9.99. The van der Waals surface area contributed by atoms with Gasteiger partial charge in [-0.1, -0.05) is 6.92 Å². The Kier molecular flexibility index (Phi) is 10.8. The molecule has 1 aliphatic heterocycles. The minimum atomic E-state index is 0. The quantitative estimate of drug-likeness (QED) is 0.686. The molecule has 1 fully saturated rings. The van der Waals surface area contributed by atoms with Crippen molar-refractivity contribution in [2.24, 2.45) is 5.92 Å². The Bertz CT molecular complexity index is 130. The molecule has 0 bridgehead atoms. The van der Waals surface area contributed by atoms with Crippen LogP contribution in [0.25, 0.3) is 0 Å². The molecule has 0 aliphatic carbocycles. The van der Waals surface area contributed by atoms with Crippen LogP contribution in [0.15, 0.2) is 0 Å². The number of rotatable bonds is 7. The first-order valence-corrected chi connectivity index (χ1v) is 5.79. The molecule has 0 aromatic rings. The van der Waals surface area contributed by atoms with E-state index in [1.165, 1.54) is 12.8 Å². The smallest absolute Gasteiger partial charge is 0.0700 e. The Balaban J connectivity index is 0.00000196. The highest BCUT2D eigenvalue weighted by Gasteiger charge is 2.12. The van der Waals surface area contributed by atoms with Gasteiger partial charge in [0.2, 0.25) is 0 Å². The van der Waals surface area contributed by atoms with Crippen LogP contribution < -0.4 is 5.32 Å². The number of hydrogen-bond donors (Lipinski definition) is 1. The van der Waals surface area contributed by atoms with Crippen molar-refractivity contribution in [3.63, 3.8) is 0 Å². The summed E-state index contributed by atoms with van der Waals surface area (Å²) in [6, 6.07) is 0. The molecule has 0 amide bonds. The maximum absolute atomic E-state index is 5.57. The molecule has 0 aromatic carbocycles. The van der Waals surface area contributed by atoms with Gasteiger partial charge in [-0.2, -0.15) is 0 Å². The van der Waals surface area contributed by atoms with E-state index in [9.17, 15) is 0 Å². The van der Waals surface area contributed by atoms with Gasteiger partial charge in [-0.25, -0.2) is 0 Å². The zero-order chi connectivity index (χ0) is 10.1. The zero-order valence-electron chi connectivity index (χ0n) is 9.67. The van der Waals surface area contributed by atoms with Gasteiger partial charge in [0, 0.05) is 13.2 Å². The molecule has 1 saturated heterocycles. The van der Waals surface area contributed by atoms with E-state index >= 15 is 0 Å². The minimum absolute atomic E-state index is 0. The number of piperidine rings is 1. The first-order valence-electron chi connectivity index (χ1n) is 5.79. The fourth-order valence-corrected chi connectivity index (χ4v) is 1.66. The largest absolute Gasteiger partial charge is 0.379 e. The van der Waals surface area contributed by atoms with Crippen molar-refractivity contribution in [3.05, 3.63) is 0 Å². The average molecular weight is 238 g/mol. The molecular formula is C11H24ClNO2. The predicted octanol–water partition coefficient (Wildman–Crippen LogP) is 1.85. The van der Waals surface area contributed by atoms with Crippen molar-refractivity contribution in [1.82, 2.24) is 5.32 Å². The highest BCUT2D eigenvalue weighted by atomic mass is 35.5. The van der Waals surface area contributed by atoms with Crippen LogP contribution in [0.2, 0.25) is 0 Å². The second-order valence-electron chi connectivity index (χ2n) is 3.88. The maximum atomic E-state index is 5.57. The van der Waals surface area contributed by atoms with E-state index in [0.29, 0.717) is 0 Å². The van der Waals surface area contributed by atoms with E-state index < -0.39 is 0 Å². The first kappa shape index (κ1) is 15.2. The molecule has 0 unspecified atom stereocenters. The van der Waals surface area contributed by atoms with E-state index in [4.69, 9.17) is 9.47 Å². The second-order valence-corrected chi connectivity index (χ2v) is 3.88. The van der Waals surface area contributed by atoms with Gasteiger partial charge in [-0.15, -0.1) is 12.4 Å². The SMILES string of the molecule is CCCOCCOCC1CCNCC1.Cl. The van der Waals surface area contributed by atoms with Crippen LogP contribution in [-0.2, 0) is 9.47 Å². The van der Waals surface area contributed by atoms with Gasteiger partial charge < -0.3 is 14.8 Å². The molecule has 3 nitrogen and oxygen atoms in total. The lowest BCUT2D eigenvalue weighted by molar-refractivity contribution is 0.0291. The van der Waals surface area contributed by atoms with Crippen LogP contribution in [0.4, 0.5) is 0 Å². The third-order valence-electron chi connectivity index (χ3n) is 2.53. The highest BCUT2D eigenvalue weighted by molar-refractivity contribution is 5.85. The van der Waals surface area contributed by atoms with Gasteiger partial charge in [0.25, 0.3) is 0 Å². The number of halogens is 1. The summed E-state index contributed by atoms with van der Waals surface area (Å²) < 4.78 is 10.9. The Morgan fingerprint density at radius 3 is 2.40 bits per heavy atom. The van der Waals surface area contributed by atoms with E-state index in [-0.39, 0.29) is 12.4 Å². The summed E-state index contributed by atoms with van der Waals surface area (Å²) in [6.07, 6.45) is 3.61. The third-order valence-corrected chi connectivity index (χ3v) is 2.53. The fraction of sp³-hybridized carbons (Fsp3) is 1.00. The van der Waals surface area contributed by atoms with E-state index in [0.717, 1.165) is 51.9 Å². The third kappa shape index (κ3) is 8.03. The molecule has 1 rings (SSSR count). The van der Waals surface area contributed by atoms with Crippen LogP contribution in [0, 0.1) is 5.92 Å². The number of hydrogen-bond acceptors (Lipinski definition) is 3. The normalized spacial score (nSPS) is 17.4. The molecule has 0 aromatic heterocycles. The lowest BCUT2D eigenvalue weighted by Gasteiger charge is -2.22. The summed E-state index contributed by atoms with van der Waals surface area (Å²) in [7, 11) is 0. The van der Waals surface area contributed by atoms with Gasteiger partial charge in [0.1, 0.15) is 0 Å². The molecule has 4 heteroatoms. The fourth-order valence-electron chi connectivity index (χ4n) is 1.66. The molecule has 1 heterocycles. The van der Waals surface area contributed by atoms with E-state index in [1.54, 1.807) is 0 Å². The summed E-state index contributed by atoms with van der Waals surface area (Å²) in [5, 5.41) is 3.35. The summed E-state index contributed by atoms with van der Waals surface area (Å²) in [4.78, 5) is 0. The lowest BCUT2D eigenvalue weighted by Crippen LogP contribution is -2.30. The van der Waals surface area contributed by atoms with Crippen LogP contribution in [0.5, 0.6) is 0 Å². The van der Waals surface area contributed by atoms with Crippen molar-refractivity contribution in [1.29, 1.82) is 0 Å². The summed E-state index contributed by atoms with van der Waals surface area (Å²) in [6.45, 7) is 7.70. The van der Waals surface area contributed by atoms with Crippen LogP contribution >= 0.6 is 12.4 Å². The molecule has 0 atom stereocenters. The van der Waals surface area contributed by atoms with Gasteiger partial charge in [-0.3, -0.25) is 0 Å². The topological polar surface area (TPSA) is 30.5 Å². The van der Waals surface area contributed by atoms with Crippen molar-refractivity contribution in [2.45, 2.75) is 26.2 Å². The number of nitrogens with one attached hydrogen (secondary N) is 1. The van der Waals surface area contributed by atoms with Crippen molar-refractivity contribution in [2.75, 3.05) is 39.5 Å². The van der Waals surface area contributed by atoms with Crippen molar-refractivity contribution >= 4 is 12.4 Å². The van der Waals surface area contributed by atoms with Crippen LogP contribution in [0.3, 0.4) is 0 Å². The van der Waals surface area contributed by atoms with Gasteiger partial charge in [0.15, 0.2) is 0 Å². The van der Waals surface area contributed by atoms with Gasteiger partial charge in [-0.05, 0) is 38.3 Å². The molecule has 15 heavy (non-hydrogen) atoms. The van der Waals surface area contributed by atoms with Gasteiger partial charge in [0.05, 0.1) is 13.2 Å². The summed E-state index contributed by atoms with van der Waals surface area (Å²) in [5.41, 5.74) is 0. The van der Waals surface area contributed by atoms with Crippen LogP contribution in [-0.4, -0.2) is 39.5 Å². The van der Waals surface area contributed by atoms with Gasteiger partial charge >= 0.3 is 0 Å². The van der Waals surface area contributed by atoms with Crippen LogP contribution in [0.1, 0.15) is 26.2 Å². The highest BCUT2D eigenvalue weighted by Crippen LogP contribution is 2.11. The Hall–Kier alpha value is 0.170. The molecule has 0 spiro atoms.